The first-order valence-electron chi connectivity index (χ1n) is 9.69. The summed E-state index contributed by atoms with van der Waals surface area (Å²) in [4.78, 5) is 28.6. The highest BCUT2D eigenvalue weighted by Crippen LogP contribution is 2.15. The van der Waals surface area contributed by atoms with E-state index in [1.165, 1.54) is 6.92 Å². The van der Waals surface area contributed by atoms with Gasteiger partial charge in [-0.25, -0.2) is 4.99 Å². The van der Waals surface area contributed by atoms with Gasteiger partial charge in [0.2, 0.25) is 11.9 Å². The number of ether oxygens (including phenoxy) is 1. The lowest BCUT2D eigenvalue weighted by atomic mass is 10.2. The first-order chi connectivity index (χ1) is 14.0. The zero-order chi connectivity index (χ0) is 20.6. The molecule has 7 heteroatoms. The molecular weight excluding hydrogens is 368 g/mol. The second-order valence-corrected chi connectivity index (χ2v) is 6.98. The number of anilines is 2. The second kappa shape index (κ2) is 9.84. The van der Waals surface area contributed by atoms with Gasteiger partial charge in [0, 0.05) is 30.5 Å². The monoisotopic (exact) mass is 394 g/mol. The highest BCUT2D eigenvalue weighted by molar-refractivity contribution is 6.10. The fourth-order valence-electron chi connectivity index (χ4n) is 3.05. The molecular formula is C22H26N4O3. The SMILES string of the molecule is CC(=O)Nc1cccc(C(=O)NC(=NC[C@H]2CCCO2)Nc2ccccc2C)c1. The Bertz CT molecular complexity index is 904. The third-order valence-electron chi connectivity index (χ3n) is 4.55. The average Bonchev–Trinajstić information content (AvgIpc) is 3.21. The Morgan fingerprint density at radius 2 is 1.97 bits per heavy atom. The number of carbonyl (C=O) groups is 2. The van der Waals surface area contributed by atoms with Crippen LogP contribution in [0.15, 0.2) is 53.5 Å². The zero-order valence-electron chi connectivity index (χ0n) is 16.7. The van der Waals surface area contributed by atoms with Gasteiger partial charge >= 0.3 is 0 Å². The summed E-state index contributed by atoms with van der Waals surface area (Å²) in [5.74, 6) is -0.142. The van der Waals surface area contributed by atoms with Gasteiger partial charge in [-0.1, -0.05) is 24.3 Å². The maximum Gasteiger partial charge on any atom is 0.258 e. The lowest BCUT2D eigenvalue weighted by molar-refractivity contribution is -0.114. The molecule has 1 aliphatic heterocycles. The molecule has 0 radical (unpaired) electrons. The minimum atomic E-state index is -0.315. The minimum Gasteiger partial charge on any atom is -0.376 e. The fourth-order valence-corrected chi connectivity index (χ4v) is 3.05. The molecule has 2 amide bonds. The van der Waals surface area contributed by atoms with Gasteiger partial charge in [0.15, 0.2) is 0 Å². The van der Waals surface area contributed by atoms with Crippen LogP contribution < -0.4 is 16.0 Å². The predicted octanol–water partition coefficient (Wildman–Crippen LogP) is 3.33. The summed E-state index contributed by atoms with van der Waals surface area (Å²) in [6.45, 7) is 4.64. The molecule has 1 saturated heterocycles. The summed E-state index contributed by atoms with van der Waals surface area (Å²) in [6.07, 6.45) is 2.07. The van der Waals surface area contributed by atoms with E-state index >= 15 is 0 Å². The van der Waals surface area contributed by atoms with Crippen LogP contribution in [0.4, 0.5) is 11.4 Å². The van der Waals surface area contributed by atoms with E-state index in [9.17, 15) is 9.59 Å². The zero-order valence-corrected chi connectivity index (χ0v) is 16.7. The van der Waals surface area contributed by atoms with E-state index in [0.29, 0.717) is 23.8 Å². The summed E-state index contributed by atoms with van der Waals surface area (Å²) in [6, 6.07) is 14.6. The molecule has 152 valence electrons. The number of hydrogen-bond donors (Lipinski definition) is 3. The van der Waals surface area contributed by atoms with Crippen LogP contribution in [0.5, 0.6) is 0 Å². The van der Waals surface area contributed by atoms with Gasteiger partial charge in [0.05, 0.1) is 12.6 Å². The maximum atomic E-state index is 12.8. The van der Waals surface area contributed by atoms with E-state index < -0.39 is 0 Å². The highest BCUT2D eigenvalue weighted by Gasteiger charge is 2.16. The van der Waals surface area contributed by atoms with Gasteiger partial charge in [-0.15, -0.1) is 0 Å². The van der Waals surface area contributed by atoms with Crippen molar-refractivity contribution in [3.63, 3.8) is 0 Å². The van der Waals surface area contributed by atoms with Crippen molar-refractivity contribution >= 4 is 29.1 Å². The van der Waals surface area contributed by atoms with Crippen molar-refractivity contribution in [1.29, 1.82) is 0 Å². The topological polar surface area (TPSA) is 91.8 Å². The van der Waals surface area contributed by atoms with Crippen LogP contribution in [-0.4, -0.2) is 37.0 Å². The molecule has 1 heterocycles. The lowest BCUT2D eigenvalue weighted by Gasteiger charge is -2.15. The van der Waals surface area contributed by atoms with Crippen LogP contribution in [0.3, 0.4) is 0 Å². The van der Waals surface area contributed by atoms with E-state index in [1.807, 2.05) is 31.2 Å². The molecule has 0 aliphatic carbocycles. The Morgan fingerprint density at radius 3 is 2.69 bits per heavy atom. The number of rotatable bonds is 5. The normalized spacial score (nSPS) is 16.3. The molecule has 2 aromatic carbocycles. The molecule has 2 aromatic rings. The third-order valence-corrected chi connectivity index (χ3v) is 4.55. The van der Waals surface area contributed by atoms with E-state index in [4.69, 9.17) is 4.74 Å². The molecule has 3 N–H and O–H groups in total. The summed E-state index contributed by atoms with van der Waals surface area (Å²) in [5, 5.41) is 8.74. The van der Waals surface area contributed by atoms with Crippen LogP contribution in [0, 0.1) is 6.92 Å². The fraction of sp³-hybridized carbons (Fsp3) is 0.318. The van der Waals surface area contributed by atoms with Gasteiger partial charge in [-0.2, -0.15) is 0 Å². The van der Waals surface area contributed by atoms with E-state index in [-0.39, 0.29) is 17.9 Å². The van der Waals surface area contributed by atoms with E-state index in [0.717, 1.165) is 30.7 Å². The van der Waals surface area contributed by atoms with Gasteiger partial charge in [-0.05, 0) is 49.6 Å². The molecule has 3 rings (SSSR count). The number of guanidine groups is 1. The molecule has 1 fully saturated rings. The first-order valence-corrected chi connectivity index (χ1v) is 9.69. The predicted molar refractivity (Wildman–Crippen MR) is 114 cm³/mol. The molecule has 0 unspecified atom stereocenters. The molecule has 0 bridgehead atoms. The van der Waals surface area contributed by atoms with Crippen LogP contribution in [0.25, 0.3) is 0 Å². The molecule has 0 saturated carbocycles. The number of aliphatic imine (C=N–C) groups is 1. The van der Waals surface area contributed by atoms with Crippen molar-refractivity contribution in [1.82, 2.24) is 5.32 Å². The van der Waals surface area contributed by atoms with E-state index in [2.05, 4.69) is 20.9 Å². The molecule has 1 atom stereocenters. The summed E-state index contributed by atoms with van der Waals surface area (Å²) >= 11 is 0. The Labute approximate surface area is 170 Å². The first kappa shape index (κ1) is 20.5. The molecule has 29 heavy (non-hydrogen) atoms. The number of nitrogens with one attached hydrogen (secondary N) is 3. The minimum absolute atomic E-state index is 0.0728. The van der Waals surface area contributed by atoms with E-state index in [1.54, 1.807) is 24.3 Å². The Kier molecular flexibility index (Phi) is 6.97. The molecule has 7 nitrogen and oxygen atoms in total. The maximum absolute atomic E-state index is 12.8. The van der Waals surface area contributed by atoms with Gasteiger partial charge in [0.1, 0.15) is 0 Å². The largest absolute Gasteiger partial charge is 0.376 e. The van der Waals surface area contributed by atoms with Crippen LogP contribution in [0.2, 0.25) is 0 Å². The number of benzene rings is 2. The summed E-state index contributed by atoms with van der Waals surface area (Å²) in [7, 11) is 0. The van der Waals surface area contributed by atoms with Crippen molar-refractivity contribution in [2.24, 2.45) is 4.99 Å². The van der Waals surface area contributed by atoms with Crippen molar-refractivity contribution in [2.75, 3.05) is 23.8 Å². The standard InChI is InChI=1S/C22H26N4O3/c1-15-7-3-4-11-20(15)25-22(23-14-19-10-6-12-29-19)26-21(28)17-8-5-9-18(13-17)24-16(2)27/h3-5,7-9,11,13,19H,6,10,12,14H2,1-2H3,(H,24,27)(H2,23,25,26,28)/t19-/m1/s1. The second-order valence-electron chi connectivity index (χ2n) is 6.98. The Balaban J connectivity index is 1.76. The van der Waals surface area contributed by atoms with Crippen molar-refractivity contribution in [3.05, 3.63) is 59.7 Å². The highest BCUT2D eigenvalue weighted by atomic mass is 16.5. The smallest absolute Gasteiger partial charge is 0.258 e. The number of carbonyl (C=O) groups excluding carboxylic acids is 2. The van der Waals surface area contributed by atoms with Crippen molar-refractivity contribution in [2.45, 2.75) is 32.8 Å². The number of hydrogen-bond acceptors (Lipinski definition) is 4. The van der Waals surface area contributed by atoms with Crippen LogP contribution >= 0.6 is 0 Å². The number of para-hydroxylation sites is 1. The van der Waals surface area contributed by atoms with Crippen LogP contribution in [0.1, 0.15) is 35.7 Å². The quantitative estimate of drug-likeness (QED) is 0.536. The number of amides is 2. The van der Waals surface area contributed by atoms with Crippen molar-refractivity contribution in [3.8, 4) is 0 Å². The van der Waals surface area contributed by atoms with Gasteiger partial charge in [0.25, 0.3) is 5.91 Å². The molecule has 1 aliphatic rings. The van der Waals surface area contributed by atoms with Crippen LogP contribution in [-0.2, 0) is 9.53 Å². The van der Waals surface area contributed by atoms with Gasteiger partial charge in [-0.3, -0.25) is 14.9 Å². The lowest BCUT2D eigenvalue weighted by Crippen LogP contribution is -2.37. The summed E-state index contributed by atoms with van der Waals surface area (Å²) < 4.78 is 5.63. The molecule has 0 aromatic heterocycles. The molecule has 0 spiro atoms. The average molecular weight is 394 g/mol. The number of nitrogens with zero attached hydrogens (tertiary/aromatic N) is 1. The third kappa shape index (κ3) is 6.15. The summed E-state index contributed by atoms with van der Waals surface area (Å²) in [5.41, 5.74) is 2.90. The Hall–Kier alpha value is -3.19. The van der Waals surface area contributed by atoms with Gasteiger partial charge < -0.3 is 15.4 Å². The Morgan fingerprint density at radius 1 is 1.14 bits per heavy atom. The number of aryl methyl sites for hydroxylation is 1. The van der Waals surface area contributed by atoms with Crippen molar-refractivity contribution < 1.29 is 14.3 Å².